The highest BCUT2D eigenvalue weighted by Crippen LogP contribution is 2.22. The van der Waals surface area contributed by atoms with Crippen LogP contribution in [-0.4, -0.2) is 12.5 Å². The van der Waals surface area contributed by atoms with Crippen molar-refractivity contribution >= 4 is 5.91 Å². The molecular weight excluding hydrogens is 238 g/mol. The van der Waals surface area contributed by atoms with Gasteiger partial charge in [-0.3, -0.25) is 4.79 Å². The van der Waals surface area contributed by atoms with E-state index < -0.39 is 18.4 Å². The second kappa shape index (κ2) is 6.44. The first-order valence-corrected chi connectivity index (χ1v) is 5.82. The molecule has 1 atom stereocenters. The maximum Gasteiger partial charge on any atom is 0.263 e. The van der Waals surface area contributed by atoms with E-state index in [-0.39, 0.29) is 5.56 Å². The van der Waals surface area contributed by atoms with Crippen molar-refractivity contribution in [1.82, 2.24) is 5.32 Å². The number of carbonyl (C=O) groups excluding carboxylic acids is 1. The van der Waals surface area contributed by atoms with Crippen LogP contribution in [0.4, 0.5) is 8.78 Å². The highest BCUT2D eigenvalue weighted by atomic mass is 19.3. The number of rotatable bonds is 6. The van der Waals surface area contributed by atoms with Crippen molar-refractivity contribution in [3.63, 3.8) is 0 Å². The monoisotopic (exact) mass is 256 g/mol. The van der Waals surface area contributed by atoms with Crippen LogP contribution in [0.15, 0.2) is 24.3 Å². The molecule has 0 fully saturated rings. The van der Waals surface area contributed by atoms with Gasteiger partial charge in [0.1, 0.15) is 6.04 Å². The van der Waals surface area contributed by atoms with E-state index in [9.17, 15) is 13.6 Å². The average molecular weight is 256 g/mol. The molecule has 0 bridgehead atoms. The summed E-state index contributed by atoms with van der Waals surface area (Å²) in [6.07, 6.45) is -2.55. The summed E-state index contributed by atoms with van der Waals surface area (Å²) < 4.78 is 25.2. The van der Waals surface area contributed by atoms with Crippen molar-refractivity contribution < 1.29 is 13.6 Å². The molecule has 0 heterocycles. The lowest BCUT2D eigenvalue weighted by Gasteiger charge is -2.18. The number of nitrogens with two attached hydrogens (primary N) is 1. The maximum atomic E-state index is 12.6. The number of alkyl halides is 2. The predicted molar refractivity (Wildman–Crippen MR) is 66.2 cm³/mol. The van der Waals surface area contributed by atoms with Gasteiger partial charge in [-0.15, -0.1) is 0 Å². The minimum atomic E-state index is -2.55. The lowest BCUT2D eigenvalue weighted by atomic mass is 10.0. The summed E-state index contributed by atoms with van der Waals surface area (Å²) in [6.45, 7) is 4.56. The third-order valence-corrected chi connectivity index (χ3v) is 2.51. The summed E-state index contributed by atoms with van der Waals surface area (Å²) in [5, 5.41) is 2.98. The van der Waals surface area contributed by atoms with E-state index in [2.05, 4.69) is 5.32 Å². The molecule has 3 nitrogen and oxygen atoms in total. The molecule has 0 aliphatic rings. The Balaban J connectivity index is 2.91. The minimum Gasteiger partial charge on any atom is -0.368 e. The third kappa shape index (κ3) is 4.07. The number of hydrogen-bond donors (Lipinski definition) is 2. The Morgan fingerprint density at radius 1 is 1.33 bits per heavy atom. The molecule has 0 aliphatic carbocycles. The molecule has 3 N–H and O–H groups in total. The van der Waals surface area contributed by atoms with Crippen LogP contribution in [0, 0.1) is 5.92 Å². The molecule has 100 valence electrons. The summed E-state index contributed by atoms with van der Waals surface area (Å²) >= 11 is 0. The lowest BCUT2D eigenvalue weighted by Crippen LogP contribution is -2.35. The van der Waals surface area contributed by atoms with Gasteiger partial charge in [-0.1, -0.05) is 32.0 Å². The van der Waals surface area contributed by atoms with Crippen LogP contribution >= 0.6 is 0 Å². The zero-order valence-corrected chi connectivity index (χ0v) is 10.5. The Bertz CT molecular complexity index is 408. The molecule has 0 aromatic heterocycles. The zero-order chi connectivity index (χ0) is 13.7. The van der Waals surface area contributed by atoms with E-state index in [1.165, 1.54) is 18.2 Å². The number of halogens is 2. The topological polar surface area (TPSA) is 55.1 Å². The van der Waals surface area contributed by atoms with E-state index in [1.54, 1.807) is 6.07 Å². The Morgan fingerprint density at radius 3 is 2.44 bits per heavy atom. The van der Waals surface area contributed by atoms with Gasteiger partial charge < -0.3 is 11.1 Å². The fourth-order valence-electron chi connectivity index (χ4n) is 1.61. The van der Waals surface area contributed by atoms with E-state index in [0.29, 0.717) is 18.0 Å². The van der Waals surface area contributed by atoms with Gasteiger partial charge in [0.2, 0.25) is 5.91 Å². The fraction of sp³-hybridized carbons (Fsp3) is 0.462. The largest absolute Gasteiger partial charge is 0.368 e. The zero-order valence-electron chi connectivity index (χ0n) is 10.5. The van der Waals surface area contributed by atoms with Crippen molar-refractivity contribution in [3.05, 3.63) is 35.4 Å². The predicted octanol–water partition coefficient (Wildman–Crippen LogP) is 2.40. The van der Waals surface area contributed by atoms with Crippen LogP contribution in [0.25, 0.3) is 0 Å². The highest BCUT2D eigenvalue weighted by molar-refractivity contribution is 5.81. The first-order chi connectivity index (χ1) is 8.41. The van der Waals surface area contributed by atoms with Gasteiger partial charge in [0.05, 0.1) is 0 Å². The summed E-state index contributed by atoms with van der Waals surface area (Å²) in [6, 6.07) is 5.03. The number of hydrogen-bond acceptors (Lipinski definition) is 2. The van der Waals surface area contributed by atoms with Crippen molar-refractivity contribution in [2.45, 2.75) is 26.3 Å². The van der Waals surface area contributed by atoms with Crippen molar-refractivity contribution in [1.29, 1.82) is 0 Å². The van der Waals surface area contributed by atoms with E-state index in [1.807, 2.05) is 13.8 Å². The normalized spacial score (nSPS) is 13.0. The summed E-state index contributed by atoms with van der Waals surface area (Å²) in [5.74, 6) is -0.229. The summed E-state index contributed by atoms with van der Waals surface area (Å²) in [5.41, 5.74) is 5.66. The molecule has 0 aliphatic heterocycles. The Labute approximate surface area is 105 Å². The van der Waals surface area contributed by atoms with Crippen LogP contribution in [0.3, 0.4) is 0 Å². The molecule has 18 heavy (non-hydrogen) atoms. The van der Waals surface area contributed by atoms with Crippen molar-refractivity contribution in [3.8, 4) is 0 Å². The second-order valence-electron chi connectivity index (χ2n) is 4.61. The van der Waals surface area contributed by atoms with Crippen LogP contribution in [-0.2, 0) is 4.79 Å². The van der Waals surface area contributed by atoms with Gasteiger partial charge in [-0.05, 0) is 24.1 Å². The van der Waals surface area contributed by atoms with Gasteiger partial charge in [-0.2, -0.15) is 0 Å². The van der Waals surface area contributed by atoms with Gasteiger partial charge in [0.15, 0.2) is 0 Å². The second-order valence-corrected chi connectivity index (χ2v) is 4.61. The molecule has 1 aromatic carbocycles. The summed E-state index contributed by atoms with van der Waals surface area (Å²) in [7, 11) is 0. The average Bonchev–Trinajstić information content (AvgIpc) is 2.28. The number of benzene rings is 1. The Hall–Kier alpha value is -1.49. The van der Waals surface area contributed by atoms with Crippen molar-refractivity contribution in [2.75, 3.05) is 6.54 Å². The Kier molecular flexibility index (Phi) is 5.22. The molecule has 1 amide bonds. The standard InChI is InChI=1S/C13H18F2N2O/c1-8(2)7-17-11(13(16)18)9-4-3-5-10(6-9)12(14)15/h3-6,8,11-12,17H,7H2,1-2H3,(H2,16,18). The number of amides is 1. The molecule has 5 heteroatoms. The molecule has 1 aromatic rings. The third-order valence-electron chi connectivity index (χ3n) is 2.51. The number of nitrogens with one attached hydrogen (secondary N) is 1. The minimum absolute atomic E-state index is 0.106. The lowest BCUT2D eigenvalue weighted by molar-refractivity contribution is -0.120. The molecule has 1 unspecified atom stereocenters. The van der Waals surface area contributed by atoms with Gasteiger partial charge in [0, 0.05) is 5.56 Å². The van der Waals surface area contributed by atoms with Crippen LogP contribution in [0.2, 0.25) is 0 Å². The molecule has 0 saturated heterocycles. The van der Waals surface area contributed by atoms with E-state index in [4.69, 9.17) is 5.73 Å². The Morgan fingerprint density at radius 2 is 1.94 bits per heavy atom. The number of carbonyl (C=O) groups is 1. The maximum absolute atomic E-state index is 12.6. The molecule has 1 rings (SSSR count). The number of primary amides is 1. The van der Waals surface area contributed by atoms with Gasteiger partial charge in [-0.25, -0.2) is 8.78 Å². The fourth-order valence-corrected chi connectivity index (χ4v) is 1.61. The van der Waals surface area contributed by atoms with Crippen LogP contribution in [0.5, 0.6) is 0 Å². The smallest absolute Gasteiger partial charge is 0.263 e. The summed E-state index contributed by atoms with van der Waals surface area (Å²) in [4.78, 5) is 11.4. The first-order valence-electron chi connectivity index (χ1n) is 5.82. The van der Waals surface area contributed by atoms with Gasteiger partial charge >= 0.3 is 0 Å². The van der Waals surface area contributed by atoms with Crippen LogP contribution in [0.1, 0.15) is 37.4 Å². The quantitative estimate of drug-likeness (QED) is 0.821. The molecular formula is C13H18F2N2O. The van der Waals surface area contributed by atoms with Crippen LogP contribution < -0.4 is 11.1 Å². The van der Waals surface area contributed by atoms with E-state index in [0.717, 1.165) is 0 Å². The molecule has 0 radical (unpaired) electrons. The first kappa shape index (κ1) is 14.6. The SMILES string of the molecule is CC(C)CNC(C(N)=O)c1cccc(C(F)F)c1. The van der Waals surface area contributed by atoms with E-state index >= 15 is 0 Å². The highest BCUT2D eigenvalue weighted by Gasteiger charge is 2.19. The van der Waals surface area contributed by atoms with Crippen molar-refractivity contribution in [2.24, 2.45) is 11.7 Å². The molecule has 0 saturated carbocycles. The van der Waals surface area contributed by atoms with Gasteiger partial charge in [0.25, 0.3) is 6.43 Å². The molecule has 0 spiro atoms.